The summed E-state index contributed by atoms with van der Waals surface area (Å²) in [6.45, 7) is 1.49. The van der Waals surface area contributed by atoms with E-state index in [1.807, 2.05) is 0 Å². The normalized spacial score (nSPS) is 12.1. The van der Waals surface area contributed by atoms with Crippen molar-refractivity contribution in [1.82, 2.24) is 0 Å². The van der Waals surface area contributed by atoms with Crippen molar-refractivity contribution >= 4 is 0 Å². The lowest BCUT2D eigenvalue weighted by atomic mass is 10.3. The van der Waals surface area contributed by atoms with E-state index in [1.54, 1.807) is 6.92 Å². The number of hydrogen-bond acceptors (Lipinski definition) is 1. The molecule has 0 spiro atoms. The summed E-state index contributed by atoms with van der Waals surface area (Å²) < 4.78 is 0. The van der Waals surface area contributed by atoms with Crippen LogP contribution >= 0.6 is 0 Å². The predicted octanol–water partition coefficient (Wildman–Crippen LogP) is 0.355. The number of aliphatic hydroxyl groups excluding tert-OH is 1. The van der Waals surface area contributed by atoms with E-state index in [0.717, 1.165) is 5.57 Å². The lowest BCUT2D eigenvalue weighted by Gasteiger charge is -1.86. The van der Waals surface area contributed by atoms with Gasteiger partial charge in [-0.05, 0) is 12.5 Å². The monoisotopic (exact) mass is 101 g/mol. The molecule has 0 saturated heterocycles. The molecule has 0 fully saturated rings. The van der Waals surface area contributed by atoms with E-state index in [-0.39, 0.29) is 13.2 Å². The van der Waals surface area contributed by atoms with Crippen molar-refractivity contribution in [3.8, 4) is 0 Å². The van der Waals surface area contributed by atoms with Crippen molar-refractivity contribution in [2.75, 3.05) is 13.2 Å². The number of aliphatic hydroxyl groups is 1. The Morgan fingerprint density at radius 3 is 2.57 bits per heavy atom. The van der Waals surface area contributed by atoms with E-state index < -0.39 is 0 Å². The Morgan fingerprint density at radius 2 is 2.43 bits per heavy atom. The lowest BCUT2D eigenvalue weighted by molar-refractivity contribution is 0.230. The van der Waals surface area contributed by atoms with Gasteiger partial charge in [0, 0.05) is 0 Å². The SMILES string of the molecule is C/C(=C\C[O])CO. The van der Waals surface area contributed by atoms with E-state index in [9.17, 15) is 5.11 Å². The molecule has 0 aliphatic rings. The van der Waals surface area contributed by atoms with Crippen LogP contribution in [0.2, 0.25) is 0 Å². The minimum atomic E-state index is -0.230. The third kappa shape index (κ3) is 3.49. The first kappa shape index (κ1) is 6.66. The van der Waals surface area contributed by atoms with E-state index in [1.165, 1.54) is 6.08 Å². The molecule has 0 heterocycles. The van der Waals surface area contributed by atoms with Crippen molar-refractivity contribution in [3.05, 3.63) is 11.6 Å². The van der Waals surface area contributed by atoms with Crippen molar-refractivity contribution in [1.29, 1.82) is 0 Å². The van der Waals surface area contributed by atoms with Gasteiger partial charge in [0.15, 0.2) is 0 Å². The zero-order valence-electron chi connectivity index (χ0n) is 4.35. The molecule has 41 valence electrons. The fraction of sp³-hybridized carbons (Fsp3) is 0.600. The van der Waals surface area contributed by atoms with Crippen LogP contribution in [0, 0.1) is 0 Å². The van der Waals surface area contributed by atoms with E-state index in [0.29, 0.717) is 0 Å². The van der Waals surface area contributed by atoms with Gasteiger partial charge in [-0.25, -0.2) is 5.11 Å². The summed E-state index contributed by atoms with van der Waals surface area (Å²) in [4.78, 5) is 0. The standard InChI is InChI=1S/C5H9O2/c1-5(4-7)2-3-6/h2,7H,3-4H2,1H3/b5-2+. The highest BCUT2D eigenvalue weighted by molar-refractivity contribution is 4.96. The van der Waals surface area contributed by atoms with Crippen LogP contribution in [-0.2, 0) is 5.11 Å². The Hall–Kier alpha value is -0.340. The van der Waals surface area contributed by atoms with Gasteiger partial charge in [0.25, 0.3) is 0 Å². The van der Waals surface area contributed by atoms with Crippen molar-refractivity contribution in [2.24, 2.45) is 0 Å². The van der Waals surface area contributed by atoms with Crippen LogP contribution < -0.4 is 0 Å². The molecule has 0 saturated carbocycles. The summed E-state index contributed by atoms with van der Waals surface area (Å²) in [5.41, 5.74) is 0.745. The molecule has 1 radical (unpaired) electrons. The van der Waals surface area contributed by atoms with Crippen LogP contribution in [0.15, 0.2) is 11.6 Å². The van der Waals surface area contributed by atoms with E-state index in [2.05, 4.69) is 0 Å². The van der Waals surface area contributed by atoms with Gasteiger partial charge in [-0.1, -0.05) is 6.08 Å². The molecule has 0 amide bonds. The van der Waals surface area contributed by atoms with Crippen molar-refractivity contribution < 1.29 is 10.2 Å². The minimum Gasteiger partial charge on any atom is -0.392 e. The molecule has 0 aromatic heterocycles. The van der Waals surface area contributed by atoms with Gasteiger partial charge in [0.1, 0.15) is 6.61 Å². The summed E-state index contributed by atoms with van der Waals surface area (Å²) in [6.07, 6.45) is 1.46. The topological polar surface area (TPSA) is 40.1 Å². The quantitative estimate of drug-likeness (QED) is 0.501. The zero-order valence-corrected chi connectivity index (χ0v) is 4.35. The van der Waals surface area contributed by atoms with Crippen LogP contribution in [-0.4, -0.2) is 18.3 Å². The van der Waals surface area contributed by atoms with Crippen LogP contribution in [0.4, 0.5) is 0 Å². The largest absolute Gasteiger partial charge is 0.392 e. The molecule has 0 rings (SSSR count). The maximum atomic E-state index is 9.71. The summed E-state index contributed by atoms with van der Waals surface area (Å²) >= 11 is 0. The predicted molar refractivity (Wildman–Crippen MR) is 26.4 cm³/mol. The Balaban J connectivity index is 3.29. The molecule has 2 nitrogen and oxygen atoms in total. The summed E-state index contributed by atoms with van der Waals surface area (Å²) in [7, 11) is 0. The average Bonchev–Trinajstić information content (AvgIpc) is 1.68. The number of rotatable bonds is 2. The molecule has 0 aromatic rings. The maximum absolute atomic E-state index is 9.71. The highest BCUT2D eigenvalue weighted by Gasteiger charge is 1.79. The molecule has 0 aromatic carbocycles. The Morgan fingerprint density at radius 1 is 1.86 bits per heavy atom. The summed E-state index contributed by atoms with van der Waals surface area (Å²) in [5.74, 6) is 0. The molecule has 7 heavy (non-hydrogen) atoms. The van der Waals surface area contributed by atoms with Crippen LogP contribution in [0.5, 0.6) is 0 Å². The van der Waals surface area contributed by atoms with Crippen molar-refractivity contribution in [3.63, 3.8) is 0 Å². The second-order valence-corrected chi connectivity index (χ2v) is 1.38. The first-order valence-corrected chi connectivity index (χ1v) is 2.16. The van der Waals surface area contributed by atoms with Gasteiger partial charge >= 0.3 is 0 Å². The summed E-state index contributed by atoms with van der Waals surface area (Å²) in [5, 5.41) is 18.0. The molecular weight excluding hydrogens is 92.1 g/mol. The van der Waals surface area contributed by atoms with Gasteiger partial charge in [-0.15, -0.1) is 0 Å². The Labute approximate surface area is 43.1 Å². The third-order valence-electron chi connectivity index (χ3n) is 0.681. The summed E-state index contributed by atoms with van der Waals surface area (Å²) in [6, 6.07) is 0. The minimum absolute atomic E-state index is 0.00222. The van der Waals surface area contributed by atoms with Gasteiger partial charge in [0.05, 0.1) is 6.61 Å². The third-order valence-corrected chi connectivity index (χ3v) is 0.681. The Bertz CT molecular complexity index is 66.5. The molecule has 0 bridgehead atoms. The molecular formula is C5H9O2. The fourth-order valence-corrected chi connectivity index (χ4v) is 0.207. The molecule has 0 aliphatic heterocycles. The highest BCUT2D eigenvalue weighted by Crippen LogP contribution is 1.85. The maximum Gasteiger partial charge on any atom is 0.101 e. The smallest absolute Gasteiger partial charge is 0.101 e. The second-order valence-electron chi connectivity index (χ2n) is 1.38. The highest BCUT2D eigenvalue weighted by atomic mass is 16.3. The molecule has 2 heteroatoms. The zero-order chi connectivity index (χ0) is 5.70. The van der Waals surface area contributed by atoms with Gasteiger partial charge < -0.3 is 5.11 Å². The van der Waals surface area contributed by atoms with Crippen LogP contribution in [0.25, 0.3) is 0 Å². The van der Waals surface area contributed by atoms with Gasteiger partial charge in [-0.3, -0.25) is 0 Å². The first-order chi connectivity index (χ1) is 3.31. The van der Waals surface area contributed by atoms with E-state index in [4.69, 9.17) is 5.11 Å². The van der Waals surface area contributed by atoms with Gasteiger partial charge in [-0.2, -0.15) is 0 Å². The first-order valence-electron chi connectivity index (χ1n) is 2.16. The molecule has 0 atom stereocenters. The van der Waals surface area contributed by atoms with Gasteiger partial charge in [0.2, 0.25) is 0 Å². The van der Waals surface area contributed by atoms with Crippen LogP contribution in [0.1, 0.15) is 6.92 Å². The Kier molecular flexibility index (Phi) is 3.65. The number of hydrogen-bond donors (Lipinski definition) is 1. The molecule has 1 N–H and O–H groups in total. The fourth-order valence-electron chi connectivity index (χ4n) is 0.207. The van der Waals surface area contributed by atoms with Crippen LogP contribution in [0.3, 0.4) is 0 Å². The van der Waals surface area contributed by atoms with Crippen molar-refractivity contribution in [2.45, 2.75) is 6.92 Å². The van der Waals surface area contributed by atoms with E-state index >= 15 is 0 Å². The molecule has 0 aliphatic carbocycles. The second kappa shape index (κ2) is 3.84. The molecule has 0 unspecified atom stereocenters. The lowest BCUT2D eigenvalue weighted by Crippen LogP contribution is -1.84. The average molecular weight is 101 g/mol.